The minimum absolute atomic E-state index is 0.335. The number of hydrogen-bond acceptors (Lipinski definition) is 2. The van der Waals surface area contributed by atoms with Gasteiger partial charge in [-0.25, -0.2) is 4.79 Å². The van der Waals surface area contributed by atoms with Crippen molar-refractivity contribution in [2.75, 3.05) is 0 Å². The molecule has 1 aromatic carbocycles. The third kappa shape index (κ3) is 4.86. The van der Waals surface area contributed by atoms with E-state index >= 15 is 0 Å². The summed E-state index contributed by atoms with van der Waals surface area (Å²) in [4.78, 5) is 23.2. The minimum Gasteiger partial charge on any atom is -0.351 e. The number of urea groups is 1. The lowest BCUT2D eigenvalue weighted by Gasteiger charge is -2.21. The quantitative estimate of drug-likeness (QED) is 0.728. The van der Waals surface area contributed by atoms with E-state index in [-0.39, 0.29) is 5.91 Å². The Morgan fingerprint density at radius 1 is 1.10 bits per heavy atom. The molecule has 0 aliphatic heterocycles. The minimum atomic E-state index is -0.796. The number of nitrogens with one attached hydrogen (secondary N) is 1. The Labute approximate surface area is 125 Å². The lowest BCUT2D eigenvalue weighted by molar-refractivity contribution is -0.716. The fourth-order valence-corrected chi connectivity index (χ4v) is 2.98. The normalized spacial score (nSPS) is 17.7. The molecule has 2 rings (SSSR count). The van der Waals surface area contributed by atoms with Gasteiger partial charge in [0.15, 0.2) is 6.04 Å². The van der Waals surface area contributed by atoms with Crippen LogP contribution in [0, 0.1) is 0 Å². The number of hydrogen-bond donors (Lipinski definition) is 3. The Kier molecular flexibility index (Phi) is 5.75. The van der Waals surface area contributed by atoms with Gasteiger partial charge in [-0.2, -0.15) is 0 Å². The van der Waals surface area contributed by atoms with Crippen molar-refractivity contribution >= 4 is 11.9 Å². The first kappa shape index (κ1) is 15.5. The number of primary amides is 1. The lowest BCUT2D eigenvalue weighted by atomic mass is 10.0. The molecule has 0 spiro atoms. The van der Waals surface area contributed by atoms with Crippen LogP contribution >= 0.6 is 0 Å². The largest absolute Gasteiger partial charge is 0.351 e. The van der Waals surface area contributed by atoms with Gasteiger partial charge in [0.1, 0.15) is 0 Å². The van der Waals surface area contributed by atoms with E-state index in [1.807, 2.05) is 30.3 Å². The summed E-state index contributed by atoms with van der Waals surface area (Å²) in [5, 5.41) is 4.31. The maximum absolute atomic E-state index is 12.3. The molecule has 0 saturated heterocycles. The molecule has 0 bridgehead atoms. The van der Waals surface area contributed by atoms with Crippen LogP contribution < -0.4 is 16.4 Å². The number of amides is 3. The Hall–Kier alpha value is -1.88. The molecule has 21 heavy (non-hydrogen) atoms. The molecule has 3 amide bonds. The van der Waals surface area contributed by atoms with Gasteiger partial charge in [0.2, 0.25) is 0 Å². The summed E-state index contributed by atoms with van der Waals surface area (Å²) in [6, 6.07) is 8.77. The highest BCUT2D eigenvalue weighted by molar-refractivity contribution is 5.96. The molecule has 114 valence electrons. The maximum atomic E-state index is 12.3. The second-order valence-electron chi connectivity index (χ2n) is 5.69. The van der Waals surface area contributed by atoms with E-state index < -0.39 is 12.1 Å². The van der Waals surface area contributed by atoms with Crippen molar-refractivity contribution in [1.29, 1.82) is 0 Å². The van der Waals surface area contributed by atoms with E-state index in [0.717, 1.165) is 18.4 Å². The van der Waals surface area contributed by atoms with Gasteiger partial charge in [-0.15, -0.1) is 0 Å². The van der Waals surface area contributed by atoms with Crippen molar-refractivity contribution in [1.82, 2.24) is 5.32 Å². The number of imide groups is 1. The van der Waals surface area contributed by atoms with Crippen LogP contribution in [0.4, 0.5) is 4.79 Å². The smallest absolute Gasteiger partial charge is 0.319 e. The Balaban J connectivity index is 2.11. The number of nitrogens with two attached hydrogens (primary N) is 2. The van der Waals surface area contributed by atoms with Gasteiger partial charge in [-0.1, -0.05) is 43.2 Å². The Morgan fingerprint density at radius 2 is 1.71 bits per heavy atom. The van der Waals surface area contributed by atoms with Crippen molar-refractivity contribution in [3.05, 3.63) is 35.9 Å². The zero-order chi connectivity index (χ0) is 15.1. The SMILES string of the molecule is NC(=O)NC(=O)[C@@H]([NH2+]C1CCCCCC1)c1ccccc1. The zero-order valence-electron chi connectivity index (χ0n) is 12.3. The van der Waals surface area contributed by atoms with Crippen molar-refractivity contribution in [3.63, 3.8) is 0 Å². The predicted octanol–water partition coefficient (Wildman–Crippen LogP) is 1.21. The van der Waals surface area contributed by atoms with Crippen molar-refractivity contribution in [3.8, 4) is 0 Å². The molecule has 1 aromatic rings. The van der Waals surface area contributed by atoms with Gasteiger partial charge in [-0.05, 0) is 25.7 Å². The summed E-state index contributed by atoms with van der Waals surface area (Å²) in [5.41, 5.74) is 5.99. The standard InChI is InChI=1S/C16H23N3O2/c17-16(21)19-15(20)14(12-8-4-3-5-9-12)18-13-10-6-1-2-7-11-13/h3-5,8-9,13-14,18H,1-2,6-7,10-11H2,(H3,17,19,20,21)/p+1/t14-/m0/s1. The van der Waals surface area contributed by atoms with Crippen LogP contribution in [0.15, 0.2) is 30.3 Å². The summed E-state index contributed by atoms with van der Waals surface area (Å²) in [6.45, 7) is 0. The van der Waals surface area contributed by atoms with Gasteiger partial charge >= 0.3 is 6.03 Å². The molecule has 5 N–H and O–H groups in total. The van der Waals surface area contributed by atoms with Crippen LogP contribution in [0.1, 0.15) is 50.1 Å². The summed E-state index contributed by atoms with van der Waals surface area (Å²) in [7, 11) is 0. The fourth-order valence-electron chi connectivity index (χ4n) is 2.98. The average molecular weight is 290 g/mol. The molecule has 0 heterocycles. The summed E-state index contributed by atoms with van der Waals surface area (Å²) >= 11 is 0. The van der Waals surface area contributed by atoms with Crippen LogP contribution in [0.5, 0.6) is 0 Å². The molecule has 1 saturated carbocycles. The first-order chi connectivity index (χ1) is 10.2. The summed E-state index contributed by atoms with van der Waals surface area (Å²) < 4.78 is 0. The van der Waals surface area contributed by atoms with Crippen molar-refractivity contribution < 1.29 is 14.9 Å². The lowest BCUT2D eigenvalue weighted by Crippen LogP contribution is -2.92. The Bertz CT molecular complexity index is 468. The highest BCUT2D eigenvalue weighted by atomic mass is 16.2. The van der Waals surface area contributed by atoms with E-state index in [2.05, 4.69) is 10.6 Å². The number of carbonyl (C=O) groups is 2. The average Bonchev–Trinajstić information content (AvgIpc) is 2.73. The van der Waals surface area contributed by atoms with Crippen LogP contribution in [0.3, 0.4) is 0 Å². The van der Waals surface area contributed by atoms with Gasteiger partial charge in [0, 0.05) is 5.56 Å². The van der Waals surface area contributed by atoms with Crippen LogP contribution in [0.2, 0.25) is 0 Å². The van der Waals surface area contributed by atoms with Gasteiger partial charge in [0.25, 0.3) is 5.91 Å². The van der Waals surface area contributed by atoms with Crippen molar-refractivity contribution in [2.24, 2.45) is 5.73 Å². The van der Waals surface area contributed by atoms with E-state index in [1.54, 1.807) is 0 Å². The van der Waals surface area contributed by atoms with Crippen molar-refractivity contribution in [2.45, 2.75) is 50.6 Å². The Morgan fingerprint density at radius 3 is 2.29 bits per heavy atom. The zero-order valence-corrected chi connectivity index (χ0v) is 12.3. The topological polar surface area (TPSA) is 88.8 Å². The molecular formula is C16H24N3O2+. The first-order valence-corrected chi connectivity index (χ1v) is 7.67. The molecule has 1 fully saturated rings. The first-order valence-electron chi connectivity index (χ1n) is 7.67. The monoisotopic (exact) mass is 290 g/mol. The predicted molar refractivity (Wildman–Crippen MR) is 80.3 cm³/mol. The second kappa shape index (κ2) is 7.78. The number of rotatable bonds is 4. The van der Waals surface area contributed by atoms with Crippen LogP contribution in [-0.4, -0.2) is 18.0 Å². The second-order valence-corrected chi connectivity index (χ2v) is 5.69. The molecule has 5 heteroatoms. The molecule has 1 aliphatic carbocycles. The molecule has 1 aliphatic rings. The highest BCUT2D eigenvalue weighted by Gasteiger charge is 2.29. The number of benzene rings is 1. The van der Waals surface area contributed by atoms with Crippen LogP contribution in [-0.2, 0) is 4.79 Å². The van der Waals surface area contributed by atoms with Gasteiger partial charge < -0.3 is 11.1 Å². The van der Waals surface area contributed by atoms with Gasteiger partial charge in [0.05, 0.1) is 6.04 Å². The molecule has 5 nitrogen and oxygen atoms in total. The maximum Gasteiger partial charge on any atom is 0.319 e. The molecule has 0 radical (unpaired) electrons. The summed E-state index contributed by atoms with van der Waals surface area (Å²) in [6.07, 6.45) is 7.20. The number of quaternary nitrogens is 1. The van der Waals surface area contributed by atoms with E-state index in [9.17, 15) is 9.59 Å². The fraction of sp³-hybridized carbons (Fsp3) is 0.500. The van der Waals surface area contributed by atoms with E-state index in [0.29, 0.717) is 6.04 Å². The molecular weight excluding hydrogens is 266 g/mol. The van der Waals surface area contributed by atoms with Gasteiger partial charge in [-0.3, -0.25) is 10.1 Å². The van der Waals surface area contributed by atoms with Crippen LogP contribution in [0.25, 0.3) is 0 Å². The highest BCUT2D eigenvalue weighted by Crippen LogP contribution is 2.17. The molecule has 1 atom stereocenters. The van der Waals surface area contributed by atoms with E-state index in [4.69, 9.17) is 5.73 Å². The molecule has 0 unspecified atom stereocenters. The van der Waals surface area contributed by atoms with E-state index in [1.165, 1.54) is 25.7 Å². The summed E-state index contributed by atoms with van der Waals surface area (Å²) in [5.74, 6) is -0.335. The third-order valence-electron chi connectivity index (χ3n) is 4.05. The third-order valence-corrected chi connectivity index (χ3v) is 4.05. The number of carbonyl (C=O) groups excluding carboxylic acids is 2. The molecule has 0 aromatic heterocycles.